The fraction of sp³-hybridized carbons (Fsp3) is 0.647. The van der Waals surface area contributed by atoms with Crippen LogP contribution in [-0.4, -0.2) is 53.0 Å². The molecular formula is C17H26N4O. The molecule has 1 aromatic rings. The molecule has 2 amide bonds. The molecule has 5 heteroatoms. The highest BCUT2D eigenvalue weighted by molar-refractivity contribution is 5.74. The lowest BCUT2D eigenvalue weighted by Crippen LogP contribution is -2.54. The SMILES string of the molecule is O=C(NCc1ccncc1)N1CCN(C2CCCCC2)CC1. The predicted octanol–water partition coefficient (Wildman–Crippen LogP) is 2.24. The zero-order valence-electron chi connectivity index (χ0n) is 13.2. The van der Waals surface area contributed by atoms with Gasteiger partial charge in [0.1, 0.15) is 0 Å². The van der Waals surface area contributed by atoms with Crippen molar-refractivity contribution in [2.45, 2.75) is 44.7 Å². The summed E-state index contributed by atoms with van der Waals surface area (Å²) in [4.78, 5) is 20.8. The minimum atomic E-state index is 0.0557. The molecule has 0 unspecified atom stereocenters. The third kappa shape index (κ3) is 3.97. The third-order valence-electron chi connectivity index (χ3n) is 4.89. The van der Waals surface area contributed by atoms with E-state index in [0.29, 0.717) is 6.54 Å². The number of carbonyl (C=O) groups excluding carboxylic acids is 1. The van der Waals surface area contributed by atoms with Crippen LogP contribution < -0.4 is 5.32 Å². The molecule has 3 rings (SSSR count). The van der Waals surface area contributed by atoms with Crippen LogP contribution in [0.1, 0.15) is 37.7 Å². The molecule has 1 saturated carbocycles. The molecular weight excluding hydrogens is 276 g/mol. The number of rotatable bonds is 3. The summed E-state index contributed by atoms with van der Waals surface area (Å²) in [5, 5.41) is 3.00. The first-order chi connectivity index (χ1) is 10.8. The molecule has 1 N–H and O–H groups in total. The molecule has 2 heterocycles. The van der Waals surface area contributed by atoms with Gasteiger partial charge >= 0.3 is 6.03 Å². The highest BCUT2D eigenvalue weighted by atomic mass is 16.2. The number of carbonyl (C=O) groups is 1. The minimum Gasteiger partial charge on any atom is -0.334 e. The molecule has 1 saturated heterocycles. The maximum Gasteiger partial charge on any atom is 0.317 e. The van der Waals surface area contributed by atoms with Gasteiger partial charge in [-0.25, -0.2) is 4.79 Å². The lowest BCUT2D eigenvalue weighted by molar-refractivity contribution is 0.0905. The largest absolute Gasteiger partial charge is 0.334 e. The Labute approximate surface area is 132 Å². The van der Waals surface area contributed by atoms with E-state index in [0.717, 1.165) is 37.8 Å². The number of pyridine rings is 1. The lowest BCUT2D eigenvalue weighted by Gasteiger charge is -2.40. The predicted molar refractivity (Wildman–Crippen MR) is 86.5 cm³/mol. The molecule has 2 aliphatic rings. The van der Waals surface area contributed by atoms with Crippen LogP contribution in [0, 0.1) is 0 Å². The standard InChI is InChI=1S/C17H26N4O/c22-17(19-14-15-6-8-18-9-7-15)21-12-10-20(11-13-21)16-4-2-1-3-5-16/h6-9,16H,1-5,10-14H2,(H,19,22). The Morgan fingerprint density at radius 1 is 1.09 bits per heavy atom. The molecule has 1 aliphatic heterocycles. The molecule has 22 heavy (non-hydrogen) atoms. The van der Waals surface area contributed by atoms with Crippen molar-refractivity contribution in [1.82, 2.24) is 20.1 Å². The first kappa shape index (κ1) is 15.3. The smallest absolute Gasteiger partial charge is 0.317 e. The second-order valence-electron chi connectivity index (χ2n) is 6.33. The summed E-state index contributed by atoms with van der Waals surface area (Å²) in [6.45, 7) is 4.31. The van der Waals surface area contributed by atoms with Crippen molar-refractivity contribution in [2.24, 2.45) is 0 Å². The van der Waals surface area contributed by atoms with Crippen LogP contribution in [0.15, 0.2) is 24.5 Å². The Hall–Kier alpha value is -1.62. The Balaban J connectivity index is 1.41. The molecule has 0 bridgehead atoms. The maximum atomic E-state index is 12.2. The van der Waals surface area contributed by atoms with E-state index >= 15 is 0 Å². The van der Waals surface area contributed by atoms with E-state index in [1.165, 1.54) is 32.1 Å². The van der Waals surface area contributed by atoms with Crippen molar-refractivity contribution in [3.05, 3.63) is 30.1 Å². The summed E-state index contributed by atoms with van der Waals surface area (Å²) in [5.41, 5.74) is 1.09. The summed E-state index contributed by atoms with van der Waals surface area (Å²) in [6, 6.07) is 4.68. The van der Waals surface area contributed by atoms with E-state index < -0.39 is 0 Å². The molecule has 0 radical (unpaired) electrons. The van der Waals surface area contributed by atoms with Gasteiger partial charge in [-0.2, -0.15) is 0 Å². The molecule has 0 aromatic carbocycles. The van der Waals surface area contributed by atoms with Crippen molar-refractivity contribution in [2.75, 3.05) is 26.2 Å². The van der Waals surface area contributed by atoms with Crippen LogP contribution in [0.25, 0.3) is 0 Å². The van der Waals surface area contributed by atoms with Crippen LogP contribution in [0.5, 0.6) is 0 Å². The van der Waals surface area contributed by atoms with Gasteiger partial charge in [-0.3, -0.25) is 9.88 Å². The van der Waals surface area contributed by atoms with E-state index in [2.05, 4.69) is 15.2 Å². The van der Waals surface area contributed by atoms with Crippen LogP contribution in [0.3, 0.4) is 0 Å². The Morgan fingerprint density at radius 3 is 2.45 bits per heavy atom. The van der Waals surface area contributed by atoms with Crippen LogP contribution in [0.2, 0.25) is 0 Å². The average molecular weight is 302 g/mol. The molecule has 0 atom stereocenters. The van der Waals surface area contributed by atoms with Gasteiger partial charge in [-0.15, -0.1) is 0 Å². The lowest BCUT2D eigenvalue weighted by atomic mass is 9.94. The fourth-order valence-electron chi connectivity index (χ4n) is 3.53. The van der Waals surface area contributed by atoms with Gasteiger partial charge in [0.2, 0.25) is 0 Å². The van der Waals surface area contributed by atoms with Crippen molar-refractivity contribution >= 4 is 6.03 Å². The number of aromatic nitrogens is 1. The van der Waals surface area contributed by atoms with Gasteiger partial charge in [0, 0.05) is 51.2 Å². The highest BCUT2D eigenvalue weighted by Gasteiger charge is 2.26. The fourth-order valence-corrected chi connectivity index (χ4v) is 3.53. The summed E-state index contributed by atoms with van der Waals surface area (Å²) in [6.07, 6.45) is 10.3. The molecule has 120 valence electrons. The van der Waals surface area contributed by atoms with Gasteiger partial charge in [-0.1, -0.05) is 19.3 Å². The van der Waals surface area contributed by atoms with Gasteiger partial charge in [0.25, 0.3) is 0 Å². The van der Waals surface area contributed by atoms with E-state index in [1.54, 1.807) is 12.4 Å². The minimum absolute atomic E-state index is 0.0557. The van der Waals surface area contributed by atoms with Crippen molar-refractivity contribution < 1.29 is 4.79 Å². The summed E-state index contributed by atoms with van der Waals surface area (Å²) in [7, 11) is 0. The summed E-state index contributed by atoms with van der Waals surface area (Å²) >= 11 is 0. The quantitative estimate of drug-likeness (QED) is 0.931. The molecule has 5 nitrogen and oxygen atoms in total. The van der Waals surface area contributed by atoms with Gasteiger partial charge < -0.3 is 10.2 Å². The zero-order valence-corrected chi connectivity index (χ0v) is 13.2. The van der Waals surface area contributed by atoms with E-state index in [1.807, 2.05) is 17.0 Å². The third-order valence-corrected chi connectivity index (χ3v) is 4.89. The van der Waals surface area contributed by atoms with Crippen LogP contribution in [-0.2, 0) is 6.54 Å². The van der Waals surface area contributed by atoms with Crippen LogP contribution in [0.4, 0.5) is 4.79 Å². The Bertz CT molecular complexity index is 465. The topological polar surface area (TPSA) is 48.5 Å². The van der Waals surface area contributed by atoms with Gasteiger partial charge in [0.15, 0.2) is 0 Å². The number of hydrogen-bond acceptors (Lipinski definition) is 3. The van der Waals surface area contributed by atoms with Gasteiger partial charge in [-0.05, 0) is 30.5 Å². The number of nitrogens with zero attached hydrogens (tertiary/aromatic N) is 3. The molecule has 1 aliphatic carbocycles. The Morgan fingerprint density at radius 2 is 1.77 bits per heavy atom. The second kappa shape index (κ2) is 7.58. The molecule has 0 spiro atoms. The Kier molecular flexibility index (Phi) is 5.27. The first-order valence-corrected chi connectivity index (χ1v) is 8.48. The van der Waals surface area contributed by atoms with Crippen molar-refractivity contribution in [3.8, 4) is 0 Å². The summed E-state index contributed by atoms with van der Waals surface area (Å²) in [5.74, 6) is 0. The number of piperazine rings is 1. The zero-order chi connectivity index (χ0) is 15.2. The number of hydrogen-bond donors (Lipinski definition) is 1. The van der Waals surface area contributed by atoms with Crippen LogP contribution >= 0.6 is 0 Å². The van der Waals surface area contributed by atoms with E-state index in [9.17, 15) is 4.79 Å². The average Bonchev–Trinajstić information content (AvgIpc) is 2.61. The van der Waals surface area contributed by atoms with Crippen molar-refractivity contribution in [3.63, 3.8) is 0 Å². The van der Waals surface area contributed by atoms with E-state index in [-0.39, 0.29) is 6.03 Å². The maximum absolute atomic E-state index is 12.2. The van der Waals surface area contributed by atoms with Gasteiger partial charge in [0.05, 0.1) is 0 Å². The highest BCUT2D eigenvalue weighted by Crippen LogP contribution is 2.23. The monoisotopic (exact) mass is 302 g/mol. The first-order valence-electron chi connectivity index (χ1n) is 8.48. The van der Waals surface area contributed by atoms with E-state index in [4.69, 9.17) is 0 Å². The second-order valence-corrected chi connectivity index (χ2v) is 6.33. The van der Waals surface area contributed by atoms with Crippen molar-refractivity contribution in [1.29, 1.82) is 0 Å². The molecule has 2 fully saturated rings. The summed E-state index contributed by atoms with van der Waals surface area (Å²) < 4.78 is 0. The number of nitrogens with one attached hydrogen (secondary N) is 1. The number of urea groups is 1. The molecule has 1 aromatic heterocycles. The number of amides is 2. The normalized spacial score (nSPS) is 20.8.